The van der Waals surface area contributed by atoms with Crippen molar-refractivity contribution in [1.82, 2.24) is 5.32 Å². The number of fused-ring (bicyclic) bond motifs is 1. The van der Waals surface area contributed by atoms with Crippen molar-refractivity contribution in [3.8, 4) is 0 Å². The molecule has 1 unspecified atom stereocenters. The molecule has 0 saturated heterocycles. The van der Waals surface area contributed by atoms with Gasteiger partial charge in [-0.25, -0.2) is 4.39 Å². The first kappa shape index (κ1) is 14.1. The van der Waals surface area contributed by atoms with Gasteiger partial charge in [0.05, 0.1) is 0 Å². The van der Waals surface area contributed by atoms with Crippen molar-refractivity contribution < 1.29 is 4.39 Å². The number of nitrogens with one attached hydrogen (secondary N) is 1. The van der Waals surface area contributed by atoms with Crippen LogP contribution in [0.25, 0.3) is 0 Å². The van der Waals surface area contributed by atoms with Gasteiger partial charge in [0.25, 0.3) is 0 Å². The topological polar surface area (TPSA) is 15.3 Å². The highest BCUT2D eigenvalue weighted by atomic mass is 19.1. The lowest BCUT2D eigenvalue weighted by atomic mass is 10.0. The van der Waals surface area contributed by atoms with Crippen LogP contribution in [0, 0.1) is 5.82 Å². The highest BCUT2D eigenvalue weighted by molar-refractivity contribution is 5.57. The maximum Gasteiger partial charge on any atom is 0.123 e. The van der Waals surface area contributed by atoms with E-state index in [-0.39, 0.29) is 11.9 Å². The van der Waals surface area contributed by atoms with Crippen molar-refractivity contribution in [2.24, 2.45) is 0 Å². The quantitative estimate of drug-likeness (QED) is 0.903. The van der Waals surface area contributed by atoms with E-state index in [0.717, 1.165) is 31.5 Å². The Bertz CT molecular complexity index is 612. The molecule has 0 aromatic heterocycles. The van der Waals surface area contributed by atoms with Gasteiger partial charge in [0.15, 0.2) is 0 Å². The Balaban J connectivity index is 1.67. The average Bonchev–Trinajstić information content (AvgIpc) is 2.91. The Kier molecular flexibility index (Phi) is 4.20. The summed E-state index contributed by atoms with van der Waals surface area (Å²) in [6, 6.07) is 15.7. The minimum absolute atomic E-state index is 0.167. The molecule has 1 aliphatic rings. The fraction of sp³-hybridized carbons (Fsp3) is 0.333. The molecule has 0 radical (unpaired) electrons. The average molecular weight is 284 g/mol. The van der Waals surface area contributed by atoms with Crippen LogP contribution in [-0.4, -0.2) is 20.1 Å². The van der Waals surface area contributed by atoms with Crippen LogP contribution in [0.2, 0.25) is 0 Å². The molecular formula is C18H21FN2. The maximum atomic E-state index is 13.4. The van der Waals surface area contributed by atoms with Crippen LogP contribution < -0.4 is 10.2 Å². The predicted octanol–water partition coefficient (Wildman–Crippen LogP) is 3.54. The third kappa shape index (κ3) is 3.08. The number of benzene rings is 2. The van der Waals surface area contributed by atoms with Crippen molar-refractivity contribution in [3.05, 3.63) is 65.5 Å². The van der Waals surface area contributed by atoms with Gasteiger partial charge in [-0.05, 0) is 49.2 Å². The standard InChI is InChI=1S/C18H21FN2/c1-20-17(15-6-4-7-16(19)13-15)10-12-21-11-9-14-5-2-3-8-18(14)21/h2-8,13,17,20H,9-12H2,1H3. The van der Waals surface area contributed by atoms with E-state index < -0.39 is 0 Å². The first-order valence-corrected chi connectivity index (χ1v) is 7.53. The van der Waals surface area contributed by atoms with Crippen molar-refractivity contribution in [2.45, 2.75) is 18.9 Å². The monoisotopic (exact) mass is 284 g/mol. The highest BCUT2D eigenvalue weighted by Crippen LogP contribution is 2.28. The lowest BCUT2D eigenvalue weighted by Gasteiger charge is -2.23. The fourth-order valence-electron chi connectivity index (χ4n) is 3.12. The molecule has 0 spiro atoms. The number of rotatable bonds is 5. The lowest BCUT2D eigenvalue weighted by Crippen LogP contribution is -2.27. The smallest absolute Gasteiger partial charge is 0.123 e. The summed E-state index contributed by atoms with van der Waals surface area (Å²) in [6.45, 7) is 2.07. The molecule has 0 saturated carbocycles. The van der Waals surface area contributed by atoms with Crippen molar-refractivity contribution in [2.75, 3.05) is 25.0 Å². The molecule has 1 heterocycles. The van der Waals surface area contributed by atoms with Crippen molar-refractivity contribution in [3.63, 3.8) is 0 Å². The Morgan fingerprint density at radius 2 is 2.05 bits per heavy atom. The van der Waals surface area contributed by atoms with E-state index in [1.54, 1.807) is 12.1 Å². The zero-order valence-electron chi connectivity index (χ0n) is 12.3. The molecule has 3 rings (SSSR count). The third-order valence-electron chi connectivity index (χ3n) is 4.27. The van der Waals surface area contributed by atoms with Gasteiger partial charge in [0.2, 0.25) is 0 Å². The van der Waals surface area contributed by atoms with E-state index in [4.69, 9.17) is 0 Å². The molecule has 0 fully saturated rings. The number of hydrogen-bond acceptors (Lipinski definition) is 2. The number of para-hydroxylation sites is 1. The van der Waals surface area contributed by atoms with Crippen molar-refractivity contribution in [1.29, 1.82) is 0 Å². The maximum absolute atomic E-state index is 13.4. The van der Waals surface area contributed by atoms with Crippen LogP contribution >= 0.6 is 0 Å². The largest absolute Gasteiger partial charge is 0.371 e. The SMILES string of the molecule is CNC(CCN1CCc2ccccc21)c1cccc(F)c1. The predicted molar refractivity (Wildman–Crippen MR) is 85.2 cm³/mol. The summed E-state index contributed by atoms with van der Waals surface area (Å²) < 4.78 is 13.4. The third-order valence-corrected chi connectivity index (χ3v) is 4.27. The first-order chi connectivity index (χ1) is 10.3. The summed E-state index contributed by atoms with van der Waals surface area (Å²) in [5.41, 5.74) is 3.81. The first-order valence-electron chi connectivity index (χ1n) is 7.53. The number of hydrogen-bond donors (Lipinski definition) is 1. The molecule has 110 valence electrons. The molecule has 1 atom stereocenters. The second-order valence-electron chi connectivity index (χ2n) is 5.55. The molecule has 1 aliphatic heterocycles. The highest BCUT2D eigenvalue weighted by Gasteiger charge is 2.19. The number of nitrogens with zero attached hydrogens (tertiary/aromatic N) is 1. The van der Waals surface area contributed by atoms with E-state index >= 15 is 0 Å². The Labute approximate surface area is 125 Å². The second-order valence-corrected chi connectivity index (χ2v) is 5.55. The van der Waals surface area contributed by atoms with Crippen LogP contribution in [0.5, 0.6) is 0 Å². The van der Waals surface area contributed by atoms with Gasteiger partial charge in [0, 0.05) is 24.8 Å². The molecule has 0 bridgehead atoms. The number of anilines is 1. The van der Waals surface area contributed by atoms with E-state index in [0.29, 0.717) is 0 Å². The molecule has 2 aromatic rings. The van der Waals surface area contributed by atoms with Crippen molar-refractivity contribution >= 4 is 5.69 Å². The Morgan fingerprint density at radius 3 is 2.86 bits per heavy atom. The van der Waals surface area contributed by atoms with E-state index in [1.165, 1.54) is 17.3 Å². The molecule has 21 heavy (non-hydrogen) atoms. The van der Waals surface area contributed by atoms with Crippen LogP contribution in [0.3, 0.4) is 0 Å². The van der Waals surface area contributed by atoms with E-state index in [9.17, 15) is 4.39 Å². The van der Waals surface area contributed by atoms with Gasteiger partial charge in [-0.1, -0.05) is 30.3 Å². The van der Waals surface area contributed by atoms with Gasteiger partial charge >= 0.3 is 0 Å². The van der Waals surface area contributed by atoms with Crippen LogP contribution in [0.15, 0.2) is 48.5 Å². The zero-order valence-corrected chi connectivity index (χ0v) is 12.3. The summed E-state index contributed by atoms with van der Waals surface area (Å²) in [6.07, 6.45) is 2.09. The van der Waals surface area contributed by atoms with Gasteiger partial charge in [0.1, 0.15) is 5.82 Å². The summed E-state index contributed by atoms with van der Waals surface area (Å²) in [5, 5.41) is 3.30. The molecule has 0 amide bonds. The van der Waals surface area contributed by atoms with Crippen LogP contribution in [0.4, 0.5) is 10.1 Å². The molecular weight excluding hydrogens is 263 g/mol. The lowest BCUT2D eigenvalue weighted by molar-refractivity contribution is 0.538. The minimum Gasteiger partial charge on any atom is -0.371 e. The molecule has 2 aromatic carbocycles. The van der Waals surface area contributed by atoms with E-state index in [1.807, 2.05) is 13.1 Å². The van der Waals surface area contributed by atoms with Gasteiger partial charge in [-0.2, -0.15) is 0 Å². The van der Waals surface area contributed by atoms with Gasteiger partial charge in [-0.3, -0.25) is 0 Å². The molecule has 3 heteroatoms. The second kappa shape index (κ2) is 6.27. The Morgan fingerprint density at radius 1 is 1.19 bits per heavy atom. The number of halogens is 1. The van der Waals surface area contributed by atoms with Crippen LogP contribution in [-0.2, 0) is 6.42 Å². The molecule has 2 nitrogen and oxygen atoms in total. The summed E-state index contributed by atoms with van der Waals surface area (Å²) in [7, 11) is 1.94. The summed E-state index contributed by atoms with van der Waals surface area (Å²) >= 11 is 0. The summed E-state index contributed by atoms with van der Waals surface area (Å²) in [4.78, 5) is 2.43. The van der Waals surface area contributed by atoms with Gasteiger partial charge in [-0.15, -0.1) is 0 Å². The molecule has 0 aliphatic carbocycles. The Hall–Kier alpha value is -1.87. The zero-order chi connectivity index (χ0) is 14.7. The van der Waals surface area contributed by atoms with Crippen LogP contribution in [0.1, 0.15) is 23.6 Å². The summed E-state index contributed by atoms with van der Waals surface area (Å²) in [5.74, 6) is -0.167. The van der Waals surface area contributed by atoms with Gasteiger partial charge < -0.3 is 10.2 Å². The molecule has 1 N–H and O–H groups in total. The van der Waals surface area contributed by atoms with E-state index in [2.05, 4.69) is 34.5 Å². The normalized spacial score (nSPS) is 15.0. The minimum atomic E-state index is -0.167. The fourth-order valence-corrected chi connectivity index (χ4v) is 3.12.